The molecule has 1 amide bonds. The Morgan fingerprint density at radius 3 is 2.83 bits per heavy atom. The number of aromatic nitrogens is 3. The van der Waals surface area contributed by atoms with Crippen molar-refractivity contribution in [2.24, 2.45) is 4.99 Å². The molecule has 0 saturated carbocycles. The molecule has 0 radical (unpaired) electrons. The zero-order valence-corrected chi connectivity index (χ0v) is 17.2. The lowest BCUT2D eigenvalue weighted by molar-refractivity contribution is 0.0916. The molecule has 9 heteroatoms. The molecule has 4 N–H and O–H groups in total. The van der Waals surface area contributed by atoms with Crippen molar-refractivity contribution in [1.29, 1.82) is 0 Å². The van der Waals surface area contributed by atoms with Gasteiger partial charge in [-0.1, -0.05) is 18.5 Å². The SMILES string of the molecule is CC[C@H](CO)NC(=O)c1c[nH]c2ncc(/C(=N/C)c3ccc(Cl)cc3NC)nc12. The predicted octanol–water partition coefficient (Wildman–Crippen LogP) is 2.62. The van der Waals surface area contributed by atoms with Gasteiger partial charge in [0.25, 0.3) is 5.91 Å². The van der Waals surface area contributed by atoms with E-state index in [9.17, 15) is 9.90 Å². The summed E-state index contributed by atoms with van der Waals surface area (Å²) >= 11 is 6.10. The van der Waals surface area contributed by atoms with Crippen LogP contribution in [0.15, 0.2) is 35.6 Å². The highest BCUT2D eigenvalue weighted by Crippen LogP contribution is 2.24. The van der Waals surface area contributed by atoms with E-state index in [1.54, 1.807) is 32.6 Å². The van der Waals surface area contributed by atoms with Gasteiger partial charge in [-0.2, -0.15) is 0 Å². The Bertz CT molecular complexity index is 1060. The van der Waals surface area contributed by atoms with Crippen LogP contribution < -0.4 is 10.6 Å². The second kappa shape index (κ2) is 9.02. The maximum atomic E-state index is 12.6. The minimum absolute atomic E-state index is 0.127. The van der Waals surface area contributed by atoms with E-state index in [-0.39, 0.29) is 18.6 Å². The monoisotopic (exact) mass is 414 g/mol. The minimum atomic E-state index is -0.319. The molecule has 152 valence electrons. The van der Waals surface area contributed by atoms with Crippen molar-refractivity contribution in [3.05, 3.63) is 52.4 Å². The minimum Gasteiger partial charge on any atom is -0.394 e. The lowest BCUT2D eigenvalue weighted by Crippen LogP contribution is -2.36. The highest BCUT2D eigenvalue weighted by molar-refractivity contribution is 6.31. The number of rotatable bonds is 7. The Labute approximate surface area is 173 Å². The average molecular weight is 415 g/mol. The van der Waals surface area contributed by atoms with Crippen molar-refractivity contribution in [3.63, 3.8) is 0 Å². The number of hydrogen-bond acceptors (Lipinski definition) is 6. The number of carbonyl (C=O) groups is 1. The van der Waals surface area contributed by atoms with E-state index in [1.165, 1.54) is 0 Å². The summed E-state index contributed by atoms with van der Waals surface area (Å²) in [5, 5.41) is 15.9. The number of hydrogen-bond donors (Lipinski definition) is 4. The van der Waals surface area contributed by atoms with Crippen molar-refractivity contribution in [2.75, 3.05) is 26.0 Å². The summed E-state index contributed by atoms with van der Waals surface area (Å²) in [6, 6.07) is 5.14. The number of aliphatic imine (C=N–C) groups is 1. The molecule has 29 heavy (non-hydrogen) atoms. The van der Waals surface area contributed by atoms with E-state index < -0.39 is 0 Å². The third kappa shape index (κ3) is 4.23. The molecular formula is C20H23ClN6O2. The Balaban J connectivity index is 2.04. The molecule has 1 atom stereocenters. The highest BCUT2D eigenvalue weighted by atomic mass is 35.5. The van der Waals surface area contributed by atoms with E-state index in [4.69, 9.17) is 11.6 Å². The molecule has 3 aromatic rings. The van der Waals surface area contributed by atoms with Crippen LogP contribution in [0.4, 0.5) is 5.69 Å². The average Bonchev–Trinajstić information content (AvgIpc) is 3.16. The Morgan fingerprint density at radius 2 is 2.17 bits per heavy atom. The molecule has 2 aromatic heterocycles. The first-order valence-corrected chi connectivity index (χ1v) is 9.60. The first kappa shape index (κ1) is 20.8. The quantitative estimate of drug-likeness (QED) is 0.443. The highest BCUT2D eigenvalue weighted by Gasteiger charge is 2.19. The summed E-state index contributed by atoms with van der Waals surface area (Å²) in [4.78, 5) is 29.1. The predicted molar refractivity (Wildman–Crippen MR) is 115 cm³/mol. The van der Waals surface area contributed by atoms with E-state index in [1.807, 2.05) is 19.1 Å². The molecule has 3 rings (SSSR count). The number of fused-ring (bicyclic) bond motifs is 1. The van der Waals surface area contributed by atoms with Crippen molar-refractivity contribution < 1.29 is 9.90 Å². The van der Waals surface area contributed by atoms with E-state index in [0.29, 0.717) is 39.6 Å². The number of aliphatic hydroxyl groups excluding tert-OH is 1. The maximum Gasteiger partial charge on any atom is 0.255 e. The van der Waals surface area contributed by atoms with Gasteiger partial charge < -0.3 is 20.7 Å². The van der Waals surface area contributed by atoms with Crippen LogP contribution in [0.25, 0.3) is 11.2 Å². The number of nitrogens with zero attached hydrogens (tertiary/aromatic N) is 3. The molecule has 1 aromatic carbocycles. The molecule has 0 spiro atoms. The van der Waals surface area contributed by atoms with Crippen molar-refractivity contribution in [2.45, 2.75) is 19.4 Å². The lowest BCUT2D eigenvalue weighted by Gasteiger charge is -2.13. The topological polar surface area (TPSA) is 115 Å². The number of halogens is 1. The van der Waals surface area contributed by atoms with Crippen molar-refractivity contribution in [3.8, 4) is 0 Å². The van der Waals surface area contributed by atoms with Crippen LogP contribution in [-0.2, 0) is 0 Å². The first-order valence-electron chi connectivity index (χ1n) is 9.23. The van der Waals surface area contributed by atoms with E-state index in [2.05, 4.69) is 30.6 Å². The maximum absolute atomic E-state index is 12.6. The number of H-pyrrole nitrogens is 1. The zero-order valence-electron chi connectivity index (χ0n) is 16.5. The molecule has 0 unspecified atom stereocenters. The van der Waals surface area contributed by atoms with Gasteiger partial charge in [0.15, 0.2) is 5.65 Å². The molecule has 0 bridgehead atoms. The van der Waals surface area contributed by atoms with E-state index >= 15 is 0 Å². The summed E-state index contributed by atoms with van der Waals surface area (Å²) < 4.78 is 0. The summed E-state index contributed by atoms with van der Waals surface area (Å²) in [6.45, 7) is 1.77. The van der Waals surface area contributed by atoms with Gasteiger partial charge >= 0.3 is 0 Å². The van der Waals surface area contributed by atoms with Crippen molar-refractivity contribution in [1.82, 2.24) is 20.3 Å². The molecule has 0 saturated heterocycles. The number of aliphatic hydroxyl groups is 1. The normalized spacial score (nSPS) is 12.8. The lowest BCUT2D eigenvalue weighted by atomic mass is 10.0. The number of amides is 1. The van der Waals surface area contributed by atoms with Gasteiger partial charge in [0, 0.05) is 36.6 Å². The van der Waals surface area contributed by atoms with Crippen LogP contribution in [-0.4, -0.2) is 58.4 Å². The number of aromatic amines is 1. The molecule has 0 aliphatic carbocycles. The summed E-state index contributed by atoms with van der Waals surface area (Å²) in [6.07, 6.45) is 3.80. The number of nitrogens with one attached hydrogen (secondary N) is 3. The number of benzene rings is 1. The smallest absolute Gasteiger partial charge is 0.255 e. The van der Waals surface area contributed by atoms with Gasteiger partial charge in [0.2, 0.25) is 0 Å². The van der Waals surface area contributed by atoms with Crippen LogP contribution in [0.2, 0.25) is 5.02 Å². The van der Waals surface area contributed by atoms with Gasteiger partial charge in [0.1, 0.15) is 11.2 Å². The van der Waals surface area contributed by atoms with Crippen LogP contribution >= 0.6 is 11.6 Å². The fourth-order valence-corrected chi connectivity index (χ4v) is 3.19. The van der Waals surface area contributed by atoms with Crippen molar-refractivity contribution >= 4 is 40.1 Å². The first-order chi connectivity index (χ1) is 14.0. The Morgan fingerprint density at radius 1 is 1.38 bits per heavy atom. The Kier molecular flexibility index (Phi) is 6.46. The third-order valence-corrected chi connectivity index (χ3v) is 4.88. The molecule has 2 heterocycles. The molecular weight excluding hydrogens is 392 g/mol. The fraction of sp³-hybridized carbons (Fsp3) is 0.300. The second-order valence-electron chi connectivity index (χ2n) is 6.43. The largest absolute Gasteiger partial charge is 0.394 e. The fourth-order valence-electron chi connectivity index (χ4n) is 3.02. The summed E-state index contributed by atoms with van der Waals surface area (Å²) in [5.41, 5.74) is 4.07. The summed E-state index contributed by atoms with van der Waals surface area (Å²) in [7, 11) is 3.48. The number of carbonyl (C=O) groups excluding carboxylic acids is 1. The standard InChI is InChI=1S/C20H23ClN6O2/c1-4-12(10-28)26-20(29)14-8-24-19-18(14)27-16(9-25-19)17(23-3)13-6-5-11(21)7-15(13)22-2/h5-9,12,22,28H,4,10H2,1-3H3,(H,24,25)(H,26,29)/b23-17+/t12-/m1/s1. The zero-order chi connectivity index (χ0) is 21.0. The number of anilines is 1. The van der Waals surface area contributed by atoms with Gasteiger partial charge in [-0.05, 0) is 24.6 Å². The van der Waals surface area contributed by atoms with Crippen LogP contribution in [0.3, 0.4) is 0 Å². The van der Waals surface area contributed by atoms with Gasteiger partial charge in [0.05, 0.1) is 30.1 Å². The second-order valence-corrected chi connectivity index (χ2v) is 6.86. The van der Waals surface area contributed by atoms with Gasteiger partial charge in [-0.25, -0.2) is 9.97 Å². The molecule has 0 fully saturated rings. The van der Waals surface area contributed by atoms with E-state index in [0.717, 1.165) is 11.3 Å². The van der Waals surface area contributed by atoms with Crippen LogP contribution in [0.5, 0.6) is 0 Å². The molecule has 0 aliphatic heterocycles. The molecule has 0 aliphatic rings. The van der Waals surface area contributed by atoms with Gasteiger partial charge in [-0.3, -0.25) is 9.79 Å². The third-order valence-electron chi connectivity index (χ3n) is 4.65. The summed E-state index contributed by atoms with van der Waals surface area (Å²) in [5.74, 6) is -0.319. The van der Waals surface area contributed by atoms with Crippen LogP contribution in [0, 0.1) is 0 Å². The Hall–Kier alpha value is -2.97. The van der Waals surface area contributed by atoms with Gasteiger partial charge in [-0.15, -0.1) is 0 Å². The van der Waals surface area contributed by atoms with Crippen LogP contribution in [0.1, 0.15) is 35.0 Å². The molecule has 8 nitrogen and oxygen atoms in total.